The minimum Gasteiger partial charge on any atom is -0.491 e. The molecule has 0 bridgehead atoms. The first-order valence-corrected chi connectivity index (χ1v) is 6.68. The summed E-state index contributed by atoms with van der Waals surface area (Å²) in [6.45, 7) is 0.402. The first-order chi connectivity index (χ1) is 8.75. The fourth-order valence-corrected chi connectivity index (χ4v) is 2.69. The van der Waals surface area contributed by atoms with Crippen molar-refractivity contribution in [3.63, 3.8) is 0 Å². The molecule has 0 unspecified atom stereocenters. The molecule has 1 aromatic carbocycles. The molecule has 1 heterocycles. The van der Waals surface area contributed by atoms with Gasteiger partial charge in [0.15, 0.2) is 0 Å². The van der Waals surface area contributed by atoms with Gasteiger partial charge in [-0.3, -0.25) is 0 Å². The molecule has 3 heteroatoms. The number of hydrogen-bond acceptors (Lipinski definition) is 2. The fourth-order valence-electron chi connectivity index (χ4n) is 2.69. The van der Waals surface area contributed by atoms with E-state index in [2.05, 4.69) is 4.98 Å². The number of H-pyrrole nitrogens is 1. The molecule has 0 radical (unpaired) electrons. The molecule has 1 saturated carbocycles. The summed E-state index contributed by atoms with van der Waals surface area (Å²) in [4.78, 5) is 3.16. The van der Waals surface area contributed by atoms with E-state index in [1.807, 2.05) is 30.5 Å². The van der Waals surface area contributed by atoms with Crippen molar-refractivity contribution in [3.8, 4) is 5.75 Å². The molecule has 0 aliphatic heterocycles. The molecule has 1 aliphatic carbocycles. The smallest absolute Gasteiger partial charge is 0.121 e. The highest BCUT2D eigenvalue weighted by Crippen LogP contribution is 2.29. The Balaban J connectivity index is 1.68. The number of rotatable bonds is 3. The minimum atomic E-state index is -0.622. The molecule has 1 aromatic heterocycles. The van der Waals surface area contributed by atoms with Crippen LogP contribution in [0.2, 0.25) is 0 Å². The predicted octanol–water partition coefficient (Wildman–Crippen LogP) is 3.24. The predicted molar refractivity (Wildman–Crippen MR) is 71.8 cm³/mol. The number of fused-ring (bicyclic) bond motifs is 1. The zero-order valence-electron chi connectivity index (χ0n) is 10.5. The molecule has 0 amide bonds. The van der Waals surface area contributed by atoms with Crippen molar-refractivity contribution in [2.45, 2.75) is 37.7 Å². The lowest BCUT2D eigenvalue weighted by Gasteiger charge is -2.31. The molecule has 2 N–H and O–H groups in total. The third kappa shape index (κ3) is 2.36. The van der Waals surface area contributed by atoms with Crippen LogP contribution in [0.15, 0.2) is 30.5 Å². The van der Waals surface area contributed by atoms with Gasteiger partial charge in [-0.15, -0.1) is 0 Å². The highest BCUT2D eigenvalue weighted by Gasteiger charge is 2.29. The van der Waals surface area contributed by atoms with Crippen LogP contribution in [0.5, 0.6) is 5.75 Å². The summed E-state index contributed by atoms with van der Waals surface area (Å²) in [7, 11) is 0. The van der Waals surface area contributed by atoms with E-state index in [0.29, 0.717) is 6.61 Å². The molecule has 18 heavy (non-hydrogen) atoms. The average Bonchev–Trinajstić information content (AvgIpc) is 2.85. The monoisotopic (exact) mass is 245 g/mol. The second-order valence-electron chi connectivity index (χ2n) is 5.30. The van der Waals surface area contributed by atoms with Gasteiger partial charge < -0.3 is 14.8 Å². The number of aliphatic hydroxyl groups is 1. The van der Waals surface area contributed by atoms with Gasteiger partial charge in [0.2, 0.25) is 0 Å². The van der Waals surface area contributed by atoms with Gasteiger partial charge in [-0.2, -0.15) is 0 Å². The largest absolute Gasteiger partial charge is 0.491 e. The van der Waals surface area contributed by atoms with Crippen LogP contribution < -0.4 is 4.74 Å². The third-order valence-corrected chi connectivity index (χ3v) is 3.82. The van der Waals surface area contributed by atoms with E-state index < -0.39 is 5.60 Å². The van der Waals surface area contributed by atoms with Gasteiger partial charge in [-0.1, -0.05) is 19.3 Å². The van der Waals surface area contributed by atoms with Gasteiger partial charge in [-0.25, -0.2) is 0 Å². The summed E-state index contributed by atoms with van der Waals surface area (Å²) in [6.07, 6.45) is 7.08. The number of aromatic nitrogens is 1. The van der Waals surface area contributed by atoms with E-state index >= 15 is 0 Å². The summed E-state index contributed by atoms with van der Waals surface area (Å²) >= 11 is 0. The molecule has 0 spiro atoms. The van der Waals surface area contributed by atoms with Crippen molar-refractivity contribution in [1.82, 2.24) is 4.98 Å². The number of ether oxygens (including phenoxy) is 1. The number of hydrogen-bond donors (Lipinski definition) is 2. The van der Waals surface area contributed by atoms with E-state index in [9.17, 15) is 5.11 Å². The Morgan fingerprint density at radius 1 is 1.17 bits per heavy atom. The first kappa shape index (κ1) is 11.6. The van der Waals surface area contributed by atoms with Crippen LogP contribution in [-0.4, -0.2) is 22.3 Å². The van der Waals surface area contributed by atoms with Crippen LogP contribution >= 0.6 is 0 Å². The third-order valence-electron chi connectivity index (χ3n) is 3.82. The Hall–Kier alpha value is -1.48. The molecular formula is C15H19NO2. The maximum atomic E-state index is 10.4. The maximum absolute atomic E-state index is 10.4. The van der Waals surface area contributed by atoms with Crippen molar-refractivity contribution in [2.24, 2.45) is 0 Å². The van der Waals surface area contributed by atoms with Gasteiger partial charge in [0.05, 0.1) is 5.60 Å². The molecular weight excluding hydrogens is 226 g/mol. The minimum absolute atomic E-state index is 0.402. The second kappa shape index (κ2) is 4.65. The topological polar surface area (TPSA) is 45.2 Å². The Labute approximate surface area is 107 Å². The Kier molecular flexibility index (Phi) is 3.00. The molecule has 3 nitrogen and oxygen atoms in total. The van der Waals surface area contributed by atoms with Crippen LogP contribution in [0.3, 0.4) is 0 Å². The zero-order valence-corrected chi connectivity index (χ0v) is 10.5. The van der Waals surface area contributed by atoms with Gasteiger partial charge in [0.25, 0.3) is 0 Å². The summed E-state index contributed by atoms with van der Waals surface area (Å²) in [6, 6.07) is 8.02. The SMILES string of the molecule is OC1(COc2ccc3cc[nH]c3c2)CCCCC1. The van der Waals surface area contributed by atoms with Crippen molar-refractivity contribution in [2.75, 3.05) is 6.61 Å². The van der Waals surface area contributed by atoms with E-state index in [1.54, 1.807) is 0 Å². The Morgan fingerprint density at radius 3 is 2.83 bits per heavy atom. The van der Waals surface area contributed by atoms with Crippen LogP contribution in [-0.2, 0) is 0 Å². The molecule has 0 saturated heterocycles. The van der Waals surface area contributed by atoms with E-state index in [4.69, 9.17) is 4.74 Å². The highest BCUT2D eigenvalue weighted by atomic mass is 16.5. The van der Waals surface area contributed by atoms with E-state index in [0.717, 1.165) is 36.9 Å². The molecule has 96 valence electrons. The van der Waals surface area contributed by atoms with Crippen molar-refractivity contribution in [3.05, 3.63) is 30.5 Å². The lowest BCUT2D eigenvalue weighted by Crippen LogP contribution is -2.37. The Morgan fingerprint density at radius 2 is 2.00 bits per heavy atom. The van der Waals surface area contributed by atoms with Crippen molar-refractivity contribution >= 4 is 10.9 Å². The summed E-state index contributed by atoms with van der Waals surface area (Å²) < 4.78 is 5.76. The summed E-state index contributed by atoms with van der Waals surface area (Å²) in [5.41, 5.74) is 0.450. The van der Waals surface area contributed by atoms with Gasteiger partial charge >= 0.3 is 0 Å². The molecule has 1 aliphatic rings. The number of benzene rings is 1. The van der Waals surface area contributed by atoms with Crippen LogP contribution in [0.1, 0.15) is 32.1 Å². The van der Waals surface area contributed by atoms with E-state index in [1.165, 1.54) is 11.8 Å². The zero-order chi connectivity index (χ0) is 12.4. The average molecular weight is 245 g/mol. The van der Waals surface area contributed by atoms with Crippen LogP contribution in [0, 0.1) is 0 Å². The second-order valence-corrected chi connectivity index (χ2v) is 5.30. The quantitative estimate of drug-likeness (QED) is 0.872. The highest BCUT2D eigenvalue weighted by molar-refractivity contribution is 5.80. The number of aromatic amines is 1. The normalized spacial score (nSPS) is 18.9. The molecule has 2 aromatic rings. The summed E-state index contributed by atoms with van der Waals surface area (Å²) in [5.74, 6) is 0.823. The fraction of sp³-hybridized carbons (Fsp3) is 0.467. The lowest BCUT2D eigenvalue weighted by atomic mass is 9.85. The standard InChI is InChI=1S/C15H19NO2/c17-15(7-2-1-3-8-15)11-18-13-5-4-12-6-9-16-14(12)10-13/h4-6,9-10,16-17H,1-3,7-8,11H2. The number of nitrogens with one attached hydrogen (secondary N) is 1. The van der Waals surface area contributed by atoms with Crippen LogP contribution in [0.25, 0.3) is 10.9 Å². The molecule has 3 rings (SSSR count). The van der Waals surface area contributed by atoms with E-state index in [-0.39, 0.29) is 0 Å². The van der Waals surface area contributed by atoms with Gasteiger partial charge in [-0.05, 0) is 36.4 Å². The van der Waals surface area contributed by atoms with Gasteiger partial charge in [0, 0.05) is 17.8 Å². The maximum Gasteiger partial charge on any atom is 0.121 e. The van der Waals surface area contributed by atoms with Crippen LogP contribution in [0.4, 0.5) is 0 Å². The molecule has 0 atom stereocenters. The Bertz CT molecular complexity index is 526. The van der Waals surface area contributed by atoms with Gasteiger partial charge in [0.1, 0.15) is 12.4 Å². The van der Waals surface area contributed by atoms with Crippen molar-refractivity contribution in [1.29, 1.82) is 0 Å². The lowest BCUT2D eigenvalue weighted by molar-refractivity contribution is -0.0338. The van der Waals surface area contributed by atoms with Crippen molar-refractivity contribution < 1.29 is 9.84 Å². The molecule has 1 fully saturated rings. The first-order valence-electron chi connectivity index (χ1n) is 6.68. The summed E-state index contributed by atoms with van der Waals surface area (Å²) in [5, 5.41) is 11.6.